The second kappa shape index (κ2) is 5.48. The molecule has 2 aliphatic heterocycles. The summed E-state index contributed by atoms with van der Waals surface area (Å²) in [6.45, 7) is 0.151. The van der Waals surface area contributed by atoms with Crippen LogP contribution in [0.3, 0.4) is 0 Å². The predicted molar refractivity (Wildman–Crippen MR) is 78.1 cm³/mol. The third-order valence-electron chi connectivity index (χ3n) is 5.02. The monoisotopic (exact) mass is 257 g/mol. The van der Waals surface area contributed by atoms with Gasteiger partial charge in [-0.15, -0.1) is 0 Å². The van der Waals surface area contributed by atoms with Gasteiger partial charge in [-0.1, -0.05) is 42.5 Å². The van der Waals surface area contributed by atoms with Crippen LogP contribution in [-0.4, -0.2) is 35.7 Å². The Morgan fingerprint density at radius 1 is 1.26 bits per heavy atom. The second-order valence-electron chi connectivity index (χ2n) is 5.90. The predicted octanol–water partition coefficient (Wildman–Crippen LogP) is 2.80. The molecule has 1 aromatic carbocycles. The fourth-order valence-electron chi connectivity index (χ4n) is 4.05. The van der Waals surface area contributed by atoms with Crippen LogP contribution in [0.15, 0.2) is 42.5 Å². The van der Waals surface area contributed by atoms with E-state index in [0.29, 0.717) is 17.9 Å². The first-order chi connectivity index (χ1) is 9.31. The smallest absolute Gasteiger partial charge is 0.0612 e. The van der Waals surface area contributed by atoms with Gasteiger partial charge in [0.1, 0.15) is 0 Å². The molecule has 4 atom stereocenters. The van der Waals surface area contributed by atoms with E-state index in [4.69, 9.17) is 5.11 Å². The van der Waals surface area contributed by atoms with E-state index >= 15 is 0 Å². The standard InChI is InChI=1S/C17H23NO/c1-18-14-9-10-17(18)15(8-5-11-19)16(12-14)13-6-3-2-4-7-13/h2-8,14-17,19H,9-12H2,1H3/b8-5+/t14?,15-,16+,17?/m0/s1. The van der Waals surface area contributed by atoms with E-state index in [1.54, 1.807) is 0 Å². The highest BCUT2D eigenvalue weighted by Gasteiger charge is 2.44. The molecule has 2 unspecified atom stereocenters. The number of piperidine rings is 1. The van der Waals surface area contributed by atoms with Gasteiger partial charge in [-0.05, 0) is 43.7 Å². The Balaban J connectivity index is 1.91. The van der Waals surface area contributed by atoms with E-state index in [1.807, 2.05) is 6.08 Å². The first-order valence-corrected chi connectivity index (χ1v) is 7.35. The van der Waals surface area contributed by atoms with Crippen molar-refractivity contribution in [3.8, 4) is 0 Å². The molecule has 0 aromatic heterocycles. The van der Waals surface area contributed by atoms with E-state index in [2.05, 4.69) is 48.4 Å². The van der Waals surface area contributed by atoms with Crippen LogP contribution < -0.4 is 0 Å². The van der Waals surface area contributed by atoms with Gasteiger partial charge in [0.25, 0.3) is 0 Å². The minimum absolute atomic E-state index is 0.151. The first kappa shape index (κ1) is 12.9. The number of nitrogens with zero attached hydrogens (tertiary/aromatic N) is 1. The Morgan fingerprint density at radius 2 is 2.05 bits per heavy atom. The summed E-state index contributed by atoms with van der Waals surface area (Å²) in [5.74, 6) is 1.15. The SMILES string of the molecule is CN1C2CCC1[C@@H](/C=C/CO)[C@@H](c1ccccc1)C2. The third kappa shape index (κ3) is 2.35. The Kier molecular flexibility index (Phi) is 3.72. The lowest BCUT2D eigenvalue weighted by Crippen LogP contribution is -2.45. The van der Waals surface area contributed by atoms with E-state index in [0.717, 1.165) is 6.04 Å². The van der Waals surface area contributed by atoms with Gasteiger partial charge in [0.05, 0.1) is 6.61 Å². The summed E-state index contributed by atoms with van der Waals surface area (Å²) < 4.78 is 0. The van der Waals surface area contributed by atoms with Crippen molar-refractivity contribution in [3.63, 3.8) is 0 Å². The van der Waals surface area contributed by atoms with Gasteiger partial charge in [0, 0.05) is 12.1 Å². The topological polar surface area (TPSA) is 23.5 Å². The summed E-state index contributed by atoms with van der Waals surface area (Å²) in [6.07, 6.45) is 8.05. The zero-order valence-electron chi connectivity index (χ0n) is 11.6. The summed E-state index contributed by atoms with van der Waals surface area (Å²) >= 11 is 0. The molecule has 0 radical (unpaired) electrons. The van der Waals surface area contributed by atoms with Crippen LogP contribution in [0, 0.1) is 5.92 Å². The largest absolute Gasteiger partial charge is 0.392 e. The van der Waals surface area contributed by atoms with Crippen molar-refractivity contribution in [1.82, 2.24) is 4.90 Å². The highest BCUT2D eigenvalue weighted by Crippen LogP contribution is 2.46. The second-order valence-corrected chi connectivity index (χ2v) is 5.90. The van der Waals surface area contributed by atoms with E-state index in [-0.39, 0.29) is 6.61 Å². The van der Waals surface area contributed by atoms with Crippen LogP contribution in [0.25, 0.3) is 0 Å². The number of hydrogen-bond donors (Lipinski definition) is 1. The van der Waals surface area contributed by atoms with Crippen molar-refractivity contribution in [2.75, 3.05) is 13.7 Å². The number of benzene rings is 1. The molecule has 1 N–H and O–H groups in total. The Morgan fingerprint density at radius 3 is 2.79 bits per heavy atom. The van der Waals surface area contributed by atoms with Crippen molar-refractivity contribution < 1.29 is 5.11 Å². The summed E-state index contributed by atoms with van der Waals surface area (Å²) in [5.41, 5.74) is 1.46. The molecule has 0 spiro atoms. The molecule has 2 aliphatic rings. The number of hydrogen-bond acceptors (Lipinski definition) is 2. The molecule has 1 aromatic rings. The molecule has 2 nitrogen and oxygen atoms in total. The molecule has 0 aliphatic carbocycles. The molecule has 2 heterocycles. The lowest BCUT2D eigenvalue weighted by Gasteiger charge is -2.42. The maximum Gasteiger partial charge on any atom is 0.0612 e. The number of fused-ring (bicyclic) bond motifs is 2. The highest BCUT2D eigenvalue weighted by molar-refractivity contribution is 5.25. The van der Waals surface area contributed by atoms with Crippen LogP contribution in [0.2, 0.25) is 0 Å². The molecule has 0 amide bonds. The van der Waals surface area contributed by atoms with Gasteiger partial charge in [-0.3, -0.25) is 4.90 Å². The van der Waals surface area contributed by atoms with Crippen molar-refractivity contribution in [1.29, 1.82) is 0 Å². The van der Waals surface area contributed by atoms with Crippen molar-refractivity contribution >= 4 is 0 Å². The van der Waals surface area contributed by atoms with E-state index in [1.165, 1.54) is 24.8 Å². The van der Waals surface area contributed by atoms with Crippen molar-refractivity contribution in [2.45, 2.75) is 37.3 Å². The summed E-state index contributed by atoms with van der Waals surface area (Å²) in [6, 6.07) is 12.3. The molecule has 2 heteroatoms. The van der Waals surface area contributed by atoms with Crippen LogP contribution in [0.1, 0.15) is 30.7 Å². The normalized spacial score (nSPS) is 35.1. The third-order valence-corrected chi connectivity index (χ3v) is 5.02. The zero-order chi connectivity index (χ0) is 13.2. The van der Waals surface area contributed by atoms with Gasteiger partial charge >= 0.3 is 0 Å². The molecular weight excluding hydrogens is 234 g/mol. The quantitative estimate of drug-likeness (QED) is 0.842. The minimum atomic E-state index is 0.151. The lowest BCUT2D eigenvalue weighted by molar-refractivity contribution is 0.123. The molecule has 19 heavy (non-hydrogen) atoms. The average molecular weight is 257 g/mol. The average Bonchev–Trinajstić information content (AvgIpc) is 2.70. The fourth-order valence-corrected chi connectivity index (χ4v) is 4.05. The first-order valence-electron chi connectivity index (χ1n) is 7.35. The maximum atomic E-state index is 9.09. The molecule has 2 fully saturated rings. The van der Waals surface area contributed by atoms with Gasteiger partial charge in [-0.2, -0.15) is 0 Å². The Labute approximate surface area is 115 Å². The van der Waals surface area contributed by atoms with Gasteiger partial charge < -0.3 is 5.11 Å². The minimum Gasteiger partial charge on any atom is -0.392 e. The van der Waals surface area contributed by atoms with E-state index < -0.39 is 0 Å². The van der Waals surface area contributed by atoms with Crippen LogP contribution in [0.5, 0.6) is 0 Å². The number of rotatable bonds is 3. The molecule has 3 rings (SSSR count). The van der Waals surface area contributed by atoms with Gasteiger partial charge in [-0.25, -0.2) is 0 Å². The molecule has 2 saturated heterocycles. The van der Waals surface area contributed by atoms with Gasteiger partial charge in [0.2, 0.25) is 0 Å². The maximum absolute atomic E-state index is 9.09. The summed E-state index contributed by atoms with van der Waals surface area (Å²) in [4.78, 5) is 2.56. The summed E-state index contributed by atoms with van der Waals surface area (Å²) in [5, 5.41) is 9.09. The number of aliphatic hydroxyl groups excluding tert-OH is 1. The lowest BCUT2D eigenvalue weighted by atomic mass is 9.76. The van der Waals surface area contributed by atoms with Crippen molar-refractivity contribution in [3.05, 3.63) is 48.0 Å². The number of aliphatic hydroxyl groups is 1. The Bertz CT molecular complexity index is 442. The van der Waals surface area contributed by atoms with Crippen molar-refractivity contribution in [2.24, 2.45) is 5.92 Å². The van der Waals surface area contributed by atoms with Crippen LogP contribution in [0.4, 0.5) is 0 Å². The molecule has 102 valence electrons. The fraction of sp³-hybridized carbons (Fsp3) is 0.529. The van der Waals surface area contributed by atoms with E-state index in [9.17, 15) is 0 Å². The highest BCUT2D eigenvalue weighted by atomic mass is 16.2. The molecule has 0 saturated carbocycles. The van der Waals surface area contributed by atoms with Gasteiger partial charge in [0.15, 0.2) is 0 Å². The molecular formula is C17H23NO. The summed E-state index contributed by atoms with van der Waals surface area (Å²) in [7, 11) is 2.27. The van der Waals surface area contributed by atoms with Crippen LogP contribution >= 0.6 is 0 Å². The zero-order valence-corrected chi connectivity index (χ0v) is 11.6. The van der Waals surface area contributed by atoms with Crippen LogP contribution in [-0.2, 0) is 0 Å². The molecule has 2 bridgehead atoms. The Hall–Kier alpha value is -1.12.